The number of ether oxygens (including phenoxy) is 1. The van der Waals surface area contributed by atoms with Crippen LogP contribution in [0.25, 0.3) is 0 Å². The van der Waals surface area contributed by atoms with Crippen LogP contribution in [0.5, 0.6) is 0 Å². The lowest BCUT2D eigenvalue weighted by atomic mass is 9.99. The highest BCUT2D eigenvalue weighted by Gasteiger charge is 2.30. The van der Waals surface area contributed by atoms with Gasteiger partial charge in [0.05, 0.1) is 0 Å². The summed E-state index contributed by atoms with van der Waals surface area (Å²) >= 11 is 0. The molecule has 2 rings (SSSR count). The van der Waals surface area contributed by atoms with Gasteiger partial charge in [-0.25, -0.2) is 4.79 Å². The van der Waals surface area contributed by atoms with Crippen molar-refractivity contribution >= 4 is 6.09 Å². The van der Waals surface area contributed by atoms with Crippen LogP contribution in [0.1, 0.15) is 72.6 Å². The second-order valence-corrected chi connectivity index (χ2v) is 7.85. The average molecular weight is 296 g/mol. The zero-order valence-electron chi connectivity index (χ0n) is 14.1. The smallest absolute Gasteiger partial charge is 0.407 e. The van der Waals surface area contributed by atoms with Gasteiger partial charge in [-0.2, -0.15) is 0 Å². The lowest BCUT2D eigenvalue weighted by molar-refractivity contribution is 0.0505. The van der Waals surface area contributed by atoms with Crippen LogP contribution in [0.4, 0.5) is 4.79 Å². The van der Waals surface area contributed by atoms with E-state index in [1.54, 1.807) is 0 Å². The molecule has 0 saturated heterocycles. The Hall–Kier alpha value is -0.770. The minimum atomic E-state index is -0.419. The first-order valence-electron chi connectivity index (χ1n) is 8.59. The molecular formula is C17H32N2O2. The summed E-state index contributed by atoms with van der Waals surface area (Å²) in [5, 5.41) is 6.79. The van der Waals surface area contributed by atoms with E-state index in [0.29, 0.717) is 12.1 Å². The molecule has 0 spiro atoms. The average Bonchev–Trinajstić information content (AvgIpc) is 2.97. The number of carbonyl (C=O) groups is 1. The Morgan fingerprint density at radius 1 is 1.10 bits per heavy atom. The van der Waals surface area contributed by atoms with E-state index in [0.717, 1.165) is 25.2 Å². The van der Waals surface area contributed by atoms with Crippen molar-refractivity contribution in [2.24, 2.45) is 5.92 Å². The molecule has 2 saturated carbocycles. The molecule has 2 fully saturated rings. The fraction of sp³-hybridized carbons (Fsp3) is 0.941. The van der Waals surface area contributed by atoms with Gasteiger partial charge in [-0.15, -0.1) is 0 Å². The zero-order valence-corrected chi connectivity index (χ0v) is 14.1. The van der Waals surface area contributed by atoms with Gasteiger partial charge in [0.25, 0.3) is 0 Å². The maximum Gasteiger partial charge on any atom is 0.407 e. The molecule has 2 N–H and O–H groups in total. The molecule has 1 amide bonds. The van der Waals surface area contributed by atoms with Crippen LogP contribution in [-0.2, 0) is 4.74 Å². The molecule has 0 radical (unpaired) electrons. The third-order valence-electron chi connectivity index (χ3n) is 4.76. The Labute approximate surface area is 129 Å². The first-order chi connectivity index (χ1) is 9.83. The monoisotopic (exact) mass is 296 g/mol. The highest BCUT2D eigenvalue weighted by molar-refractivity contribution is 5.68. The first kappa shape index (κ1) is 16.6. The highest BCUT2D eigenvalue weighted by atomic mass is 16.6. The predicted molar refractivity (Wildman–Crippen MR) is 85.4 cm³/mol. The molecule has 2 aliphatic rings. The van der Waals surface area contributed by atoms with Crippen molar-refractivity contribution in [2.45, 2.75) is 96.4 Å². The normalized spacial score (nSPS) is 28.6. The van der Waals surface area contributed by atoms with Crippen molar-refractivity contribution in [1.82, 2.24) is 10.6 Å². The Morgan fingerprint density at radius 3 is 2.33 bits per heavy atom. The Kier molecular flexibility index (Phi) is 5.53. The van der Waals surface area contributed by atoms with E-state index in [1.807, 2.05) is 20.8 Å². The van der Waals surface area contributed by atoms with Crippen molar-refractivity contribution in [1.29, 1.82) is 0 Å². The molecule has 0 heterocycles. The van der Waals surface area contributed by atoms with Gasteiger partial charge in [0, 0.05) is 18.1 Å². The largest absolute Gasteiger partial charge is 0.444 e. The number of nitrogens with one attached hydrogen (secondary N) is 2. The van der Waals surface area contributed by atoms with Crippen LogP contribution in [0, 0.1) is 5.92 Å². The quantitative estimate of drug-likeness (QED) is 0.833. The summed E-state index contributed by atoms with van der Waals surface area (Å²) in [6, 6.07) is 1.41. The van der Waals surface area contributed by atoms with Gasteiger partial charge in [-0.3, -0.25) is 0 Å². The van der Waals surface area contributed by atoms with Crippen LogP contribution in [0.2, 0.25) is 0 Å². The Morgan fingerprint density at radius 2 is 1.71 bits per heavy atom. The summed E-state index contributed by atoms with van der Waals surface area (Å²) in [4.78, 5) is 11.8. The predicted octanol–water partition coefficient (Wildman–Crippen LogP) is 3.60. The standard InChI is InChI=1S/C17H32N2O2/c1-12(13-7-5-6-8-13)18-14-9-10-15(11-14)19-16(20)21-17(2,3)4/h12-15,18H,5-11H2,1-4H3,(H,19,20)/t12-,14?,15?/m1/s1. The number of hydrogen-bond acceptors (Lipinski definition) is 3. The van der Waals surface area contributed by atoms with Crippen LogP contribution >= 0.6 is 0 Å². The Balaban J connectivity index is 1.69. The fourth-order valence-corrected chi connectivity index (χ4v) is 3.70. The molecule has 2 unspecified atom stereocenters. The van der Waals surface area contributed by atoms with Crippen molar-refractivity contribution in [3.05, 3.63) is 0 Å². The molecule has 0 bridgehead atoms. The summed E-state index contributed by atoms with van der Waals surface area (Å²) in [6.45, 7) is 8.02. The van der Waals surface area contributed by atoms with E-state index in [9.17, 15) is 4.79 Å². The lowest BCUT2D eigenvalue weighted by Crippen LogP contribution is -2.41. The van der Waals surface area contributed by atoms with Gasteiger partial charge < -0.3 is 15.4 Å². The van der Waals surface area contributed by atoms with E-state index >= 15 is 0 Å². The third-order valence-corrected chi connectivity index (χ3v) is 4.76. The first-order valence-corrected chi connectivity index (χ1v) is 8.59. The molecule has 4 heteroatoms. The summed E-state index contributed by atoms with van der Waals surface area (Å²) in [7, 11) is 0. The second kappa shape index (κ2) is 6.99. The van der Waals surface area contributed by atoms with E-state index in [2.05, 4.69) is 17.6 Å². The van der Waals surface area contributed by atoms with Crippen LogP contribution in [-0.4, -0.2) is 29.8 Å². The number of carbonyl (C=O) groups excluding carboxylic acids is 1. The van der Waals surface area contributed by atoms with E-state index < -0.39 is 5.60 Å². The van der Waals surface area contributed by atoms with Gasteiger partial charge in [-0.1, -0.05) is 12.8 Å². The number of rotatable bonds is 4. The summed E-state index contributed by atoms with van der Waals surface area (Å²) in [5.41, 5.74) is -0.419. The molecule has 0 aromatic carbocycles. The SMILES string of the molecule is C[C@@H](NC1CCC(NC(=O)OC(C)(C)C)C1)C1CCCC1. The van der Waals surface area contributed by atoms with Crippen molar-refractivity contribution in [2.75, 3.05) is 0 Å². The van der Waals surface area contributed by atoms with E-state index in [1.165, 1.54) is 25.7 Å². The fourth-order valence-electron chi connectivity index (χ4n) is 3.70. The van der Waals surface area contributed by atoms with Gasteiger partial charge >= 0.3 is 6.09 Å². The summed E-state index contributed by atoms with van der Waals surface area (Å²) < 4.78 is 5.33. The number of hydrogen-bond donors (Lipinski definition) is 2. The minimum Gasteiger partial charge on any atom is -0.444 e. The molecule has 4 nitrogen and oxygen atoms in total. The molecule has 21 heavy (non-hydrogen) atoms. The molecule has 2 aliphatic carbocycles. The molecule has 0 aromatic rings. The minimum absolute atomic E-state index is 0.258. The number of alkyl carbamates (subject to hydrolysis) is 1. The third kappa shape index (κ3) is 5.50. The van der Waals surface area contributed by atoms with Gasteiger partial charge in [0.1, 0.15) is 5.60 Å². The second-order valence-electron chi connectivity index (χ2n) is 7.85. The van der Waals surface area contributed by atoms with Crippen LogP contribution < -0.4 is 10.6 Å². The Bertz CT molecular complexity index is 345. The van der Waals surface area contributed by atoms with Crippen LogP contribution in [0.3, 0.4) is 0 Å². The zero-order chi connectivity index (χ0) is 15.5. The molecule has 3 atom stereocenters. The van der Waals surface area contributed by atoms with Gasteiger partial charge in [0.2, 0.25) is 0 Å². The van der Waals surface area contributed by atoms with E-state index in [4.69, 9.17) is 4.74 Å². The maximum absolute atomic E-state index is 11.8. The van der Waals surface area contributed by atoms with Gasteiger partial charge in [-0.05, 0) is 65.7 Å². The van der Waals surface area contributed by atoms with Crippen LogP contribution in [0.15, 0.2) is 0 Å². The van der Waals surface area contributed by atoms with Crippen molar-refractivity contribution in [3.8, 4) is 0 Å². The van der Waals surface area contributed by atoms with Gasteiger partial charge in [0.15, 0.2) is 0 Å². The number of amides is 1. The molecule has 122 valence electrons. The highest BCUT2D eigenvalue weighted by Crippen LogP contribution is 2.29. The topological polar surface area (TPSA) is 50.4 Å². The maximum atomic E-state index is 11.8. The summed E-state index contributed by atoms with van der Waals surface area (Å²) in [5.74, 6) is 0.850. The summed E-state index contributed by atoms with van der Waals surface area (Å²) in [6.07, 6.45) is 8.48. The molecule has 0 aromatic heterocycles. The van der Waals surface area contributed by atoms with Crippen molar-refractivity contribution in [3.63, 3.8) is 0 Å². The van der Waals surface area contributed by atoms with E-state index in [-0.39, 0.29) is 12.1 Å². The van der Waals surface area contributed by atoms with Crippen molar-refractivity contribution < 1.29 is 9.53 Å². The lowest BCUT2D eigenvalue weighted by Gasteiger charge is -2.25. The molecular weight excluding hydrogens is 264 g/mol. The molecule has 0 aliphatic heterocycles.